The number of hydrogen-bond donors (Lipinski definition) is 3. The van der Waals surface area contributed by atoms with E-state index in [1.54, 1.807) is 24.4 Å². The Hall–Kier alpha value is -4.23. The molecule has 0 saturated heterocycles. The number of aromatic amines is 2. The fourth-order valence-electron chi connectivity index (χ4n) is 3.10. The molecule has 0 fully saturated rings. The highest BCUT2D eigenvalue weighted by molar-refractivity contribution is 5.48. The van der Waals surface area contributed by atoms with E-state index in [4.69, 9.17) is 10.5 Å². The molecule has 0 radical (unpaired) electrons. The van der Waals surface area contributed by atoms with Crippen LogP contribution in [0.15, 0.2) is 88.6 Å². The van der Waals surface area contributed by atoms with Gasteiger partial charge in [-0.05, 0) is 35.4 Å². The van der Waals surface area contributed by atoms with Crippen LogP contribution in [0.25, 0.3) is 12.2 Å². The van der Waals surface area contributed by atoms with E-state index in [2.05, 4.69) is 15.0 Å². The third-order valence-electron chi connectivity index (χ3n) is 4.80. The molecule has 0 spiro atoms. The molecule has 7 heteroatoms. The lowest BCUT2D eigenvalue weighted by Gasteiger charge is -2.13. The van der Waals surface area contributed by atoms with Crippen LogP contribution in [-0.4, -0.2) is 21.6 Å². The van der Waals surface area contributed by atoms with Gasteiger partial charge in [0.2, 0.25) is 0 Å². The zero-order valence-corrected chi connectivity index (χ0v) is 17.2. The van der Waals surface area contributed by atoms with Gasteiger partial charge in [0.05, 0.1) is 17.9 Å². The van der Waals surface area contributed by atoms with Crippen LogP contribution < -0.4 is 32.3 Å². The lowest BCUT2D eigenvalue weighted by molar-refractivity contribution is 0.289. The van der Waals surface area contributed by atoms with Gasteiger partial charge in [-0.25, -0.2) is 0 Å². The van der Waals surface area contributed by atoms with E-state index < -0.39 is 11.1 Å². The average Bonchev–Trinajstić information content (AvgIpc) is 2.83. The molecule has 2 aromatic carbocycles. The minimum atomic E-state index is -0.414. The van der Waals surface area contributed by atoms with Crippen molar-refractivity contribution in [1.82, 2.24) is 15.0 Å². The fraction of sp³-hybridized carbons (Fsp3) is 0.0800. The summed E-state index contributed by atoms with van der Waals surface area (Å²) in [6, 6.07) is 22.2. The van der Waals surface area contributed by atoms with Gasteiger partial charge in [0.15, 0.2) is 0 Å². The molecule has 0 amide bonds. The van der Waals surface area contributed by atoms with Crippen molar-refractivity contribution < 1.29 is 4.74 Å². The van der Waals surface area contributed by atoms with Gasteiger partial charge in [-0.2, -0.15) is 0 Å². The minimum absolute atomic E-state index is 0.118. The molecular weight excluding hydrogens is 404 g/mol. The second-order valence-electron chi connectivity index (χ2n) is 7.18. The highest BCUT2D eigenvalue weighted by Gasteiger charge is 2.06. The van der Waals surface area contributed by atoms with E-state index in [0.29, 0.717) is 18.1 Å². The van der Waals surface area contributed by atoms with Crippen LogP contribution in [0.4, 0.5) is 0 Å². The number of nitrogens with two attached hydrogens (primary N) is 1. The number of pyridine rings is 1. The first-order valence-corrected chi connectivity index (χ1v) is 10.1. The van der Waals surface area contributed by atoms with Crippen LogP contribution in [0, 0.1) is 0 Å². The molecule has 1 atom stereocenters. The zero-order chi connectivity index (χ0) is 22.3. The molecule has 0 bridgehead atoms. The van der Waals surface area contributed by atoms with Gasteiger partial charge < -0.3 is 20.4 Å². The highest BCUT2D eigenvalue weighted by atomic mass is 16.5. The van der Waals surface area contributed by atoms with Crippen molar-refractivity contribution in [3.05, 3.63) is 127 Å². The summed E-state index contributed by atoms with van der Waals surface area (Å²) >= 11 is 0. The van der Waals surface area contributed by atoms with Gasteiger partial charge in [-0.15, -0.1) is 0 Å². The van der Waals surface area contributed by atoms with Gasteiger partial charge in [0.1, 0.15) is 23.1 Å². The van der Waals surface area contributed by atoms with E-state index >= 15 is 0 Å². The first-order valence-electron chi connectivity index (χ1n) is 10.1. The Kier molecular flexibility index (Phi) is 6.38. The van der Waals surface area contributed by atoms with E-state index in [9.17, 15) is 9.59 Å². The summed E-state index contributed by atoms with van der Waals surface area (Å²) in [5.41, 5.74) is 7.64. The Labute approximate surface area is 183 Å². The molecular formula is C25H22N4O3. The lowest BCUT2D eigenvalue weighted by Crippen LogP contribution is -2.46. The van der Waals surface area contributed by atoms with Crippen molar-refractivity contribution in [2.24, 2.45) is 5.73 Å². The third-order valence-corrected chi connectivity index (χ3v) is 4.80. The molecule has 0 aliphatic carbocycles. The van der Waals surface area contributed by atoms with E-state index in [-0.39, 0.29) is 16.7 Å². The number of hydrogen-bond acceptors (Lipinski definition) is 5. The monoisotopic (exact) mass is 426 g/mol. The van der Waals surface area contributed by atoms with Crippen molar-refractivity contribution in [2.45, 2.75) is 6.04 Å². The number of aromatic nitrogens is 3. The van der Waals surface area contributed by atoms with Crippen LogP contribution in [0.5, 0.6) is 5.75 Å². The lowest BCUT2D eigenvalue weighted by atomic mass is 10.1. The number of ether oxygens (including phenoxy) is 1. The van der Waals surface area contributed by atoms with E-state index in [1.807, 2.05) is 60.7 Å². The largest absolute Gasteiger partial charge is 0.490 e. The summed E-state index contributed by atoms with van der Waals surface area (Å²) in [5, 5.41) is 0.303. The molecule has 7 nitrogen and oxygen atoms in total. The number of nitrogens with zero attached hydrogens (tertiary/aromatic N) is 1. The number of H-pyrrole nitrogens is 2. The number of benzene rings is 2. The molecule has 0 aliphatic rings. The second kappa shape index (κ2) is 9.72. The summed E-state index contributed by atoms with van der Waals surface area (Å²) < 4.78 is 5.71. The van der Waals surface area contributed by atoms with Crippen molar-refractivity contribution in [2.75, 3.05) is 6.61 Å². The van der Waals surface area contributed by atoms with Crippen LogP contribution in [-0.2, 0) is 0 Å². The SMILES string of the molecule is N[C@@H](COc1ccc(C=c2[nH]c(=O)c(=Cc3ccccc3)[nH]c2=O)nc1)c1ccccc1. The maximum Gasteiger partial charge on any atom is 0.272 e. The number of rotatable bonds is 6. The summed E-state index contributed by atoms with van der Waals surface area (Å²) in [7, 11) is 0. The molecule has 2 heterocycles. The Morgan fingerprint density at radius 2 is 1.47 bits per heavy atom. The zero-order valence-electron chi connectivity index (χ0n) is 17.2. The molecule has 160 valence electrons. The second-order valence-corrected chi connectivity index (χ2v) is 7.18. The smallest absolute Gasteiger partial charge is 0.272 e. The van der Waals surface area contributed by atoms with Crippen molar-refractivity contribution in [3.63, 3.8) is 0 Å². The predicted octanol–water partition coefficient (Wildman–Crippen LogP) is 1.19. The highest BCUT2D eigenvalue weighted by Crippen LogP contribution is 2.14. The number of nitrogens with one attached hydrogen (secondary N) is 2. The van der Waals surface area contributed by atoms with Gasteiger partial charge in [-0.1, -0.05) is 60.7 Å². The van der Waals surface area contributed by atoms with Crippen molar-refractivity contribution >= 4 is 12.2 Å². The van der Waals surface area contributed by atoms with Gasteiger partial charge >= 0.3 is 0 Å². The van der Waals surface area contributed by atoms with Crippen molar-refractivity contribution in [1.29, 1.82) is 0 Å². The van der Waals surface area contributed by atoms with E-state index in [0.717, 1.165) is 11.1 Å². The molecule has 0 unspecified atom stereocenters. The maximum atomic E-state index is 12.4. The van der Waals surface area contributed by atoms with E-state index in [1.165, 1.54) is 6.08 Å². The molecule has 0 saturated carbocycles. The molecule has 0 aliphatic heterocycles. The van der Waals surface area contributed by atoms with Crippen LogP contribution in [0.2, 0.25) is 0 Å². The quantitative estimate of drug-likeness (QED) is 0.429. The normalized spacial score (nSPS) is 13.2. The molecule has 4 N–H and O–H groups in total. The average molecular weight is 426 g/mol. The Morgan fingerprint density at radius 3 is 2.09 bits per heavy atom. The summed E-state index contributed by atoms with van der Waals surface area (Å²) in [4.78, 5) is 34.3. The maximum absolute atomic E-state index is 12.4. The van der Waals surface area contributed by atoms with Crippen molar-refractivity contribution in [3.8, 4) is 5.75 Å². The molecule has 4 aromatic rings. The van der Waals surface area contributed by atoms with Gasteiger partial charge in [0.25, 0.3) is 11.1 Å². The minimum Gasteiger partial charge on any atom is -0.490 e. The first kappa shape index (κ1) is 21.0. The van der Waals surface area contributed by atoms with Crippen LogP contribution >= 0.6 is 0 Å². The molecule has 2 aromatic heterocycles. The fourth-order valence-corrected chi connectivity index (χ4v) is 3.10. The van der Waals surface area contributed by atoms with Crippen LogP contribution in [0.3, 0.4) is 0 Å². The summed E-state index contributed by atoms with van der Waals surface area (Å²) in [6.45, 7) is 0.307. The Morgan fingerprint density at radius 1 is 0.844 bits per heavy atom. The topological polar surface area (TPSA) is 114 Å². The third kappa shape index (κ3) is 5.27. The van der Waals surface area contributed by atoms with Gasteiger partial charge in [0, 0.05) is 0 Å². The predicted molar refractivity (Wildman–Crippen MR) is 124 cm³/mol. The van der Waals surface area contributed by atoms with Gasteiger partial charge in [-0.3, -0.25) is 14.6 Å². The summed E-state index contributed by atoms with van der Waals surface area (Å²) in [6.07, 6.45) is 4.67. The van der Waals surface area contributed by atoms with Crippen LogP contribution in [0.1, 0.15) is 22.9 Å². The summed E-state index contributed by atoms with van der Waals surface area (Å²) in [5.74, 6) is 0.559. The molecule has 4 rings (SSSR count). The Balaban J connectivity index is 1.51. The standard InChI is InChI=1S/C25H22N4O3/c26-21(18-9-5-2-6-10-18)16-32-20-12-11-19(27-15-20)14-23-25(31)28-22(24(30)29-23)13-17-7-3-1-4-8-17/h1-15,21H,16,26H2,(H,28,31)(H,29,30)/t21-/m0/s1. The Bertz CT molecular complexity index is 1410. The molecule has 32 heavy (non-hydrogen) atoms. The first-order chi connectivity index (χ1) is 15.6.